The van der Waals surface area contributed by atoms with Gasteiger partial charge in [0.25, 0.3) is 0 Å². The Balaban J connectivity index is 1.68. The predicted octanol–water partition coefficient (Wildman–Crippen LogP) is 11.6. The lowest BCUT2D eigenvalue weighted by Gasteiger charge is -2.42. The quantitative estimate of drug-likeness (QED) is 0.0172. The second-order valence-corrected chi connectivity index (χ2v) is 21.5. The number of carbonyl (C=O) groups excluding carboxylic acids is 1. The fourth-order valence-corrected chi connectivity index (χ4v) is 9.61. The van der Waals surface area contributed by atoms with Crippen LogP contribution >= 0.6 is 0 Å². The lowest BCUT2D eigenvalue weighted by Crippen LogP contribution is -2.61. The van der Waals surface area contributed by atoms with Crippen molar-refractivity contribution in [3.05, 3.63) is 60.8 Å². The van der Waals surface area contributed by atoms with E-state index >= 15 is 0 Å². The fraction of sp³-hybridized carbons (Fsp3) is 0.825. The first-order chi connectivity index (χ1) is 37.6. The Bertz CT molecular complexity index is 1500. The average molecular weight is 1090 g/mol. The molecule has 0 aliphatic carbocycles. The van der Waals surface area contributed by atoms with Crippen LogP contribution in [-0.2, 0) is 33.2 Å². The zero-order chi connectivity index (χ0) is 55.8. The van der Waals surface area contributed by atoms with Gasteiger partial charge >= 0.3 is 5.97 Å². The summed E-state index contributed by atoms with van der Waals surface area (Å²) < 4.78 is 34.5. The summed E-state index contributed by atoms with van der Waals surface area (Å²) in [6, 6.07) is 0. The Hall–Kier alpha value is -2.31. The van der Waals surface area contributed by atoms with Crippen molar-refractivity contribution in [1.82, 2.24) is 0 Å². The highest BCUT2D eigenvalue weighted by Gasteiger charge is 2.47. The Labute approximate surface area is 466 Å². The molecule has 2 fully saturated rings. The van der Waals surface area contributed by atoms with Crippen LogP contribution in [0.1, 0.15) is 232 Å². The predicted molar refractivity (Wildman–Crippen MR) is 307 cm³/mol. The molecule has 14 nitrogen and oxygen atoms in total. The van der Waals surface area contributed by atoms with Crippen LogP contribution in [0.15, 0.2) is 60.8 Å². The largest absolute Gasteiger partial charge is 0.457 e. The van der Waals surface area contributed by atoms with Crippen molar-refractivity contribution in [2.24, 2.45) is 0 Å². The highest BCUT2D eigenvalue weighted by atomic mass is 16.7. The minimum absolute atomic E-state index is 0.0590. The van der Waals surface area contributed by atoms with Gasteiger partial charge in [0.15, 0.2) is 12.6 Å². The van der Waals surface area contributed by atoms with Gasteiger partial charge in [-0.25, -0.2) is 0 Å². The molecule has 11 unspecified atom stereocenters. The van der Waals surface area contributed by atoms with Crippen molar-refractivity contribution >= 4 is 5.97 Å². The van der Waals surface area contributed by atoms with Gasteiger partial charge in [0.1, 0.15) is 54.9 Å². The number of rotatable bonds is 50. The molecule has 2 rings (SSSR count). The molecule has 0 aromatic rings. The molecule has 11 atom stereocenters. The third kappa shape index (κ3) is 35.9. The smallest absolute Gasteiger partial charge is 0.306 e. The van der Waals surface area contributed by atoms with Crippen LogP contribution in [0.3, 0.4) is 0 Å². The molecule has 14 heteroatoms. The lowest BCUT2D eigenvalue weighted by molar-refractivity contribution is -0.332. The summed E-state index contributed by atoms with van der Waals surface area (Å²) in [4.78, 5) is 13.1. The Kier molecular flexibility index (Phi) is 45.5. The van der Waals surface area contributed by atoms with Crippen molar-refractivity contribution in [2.75, 3.05) is 33.0 Å². The van der Waals surface area contributed by atoms with Gasteiger partial charge in [0.05, 0.1) is 26.4 Å². The van der Waals surface area contributed by atoms with E-state index in [9.17, 15) is 40.5 Å². The Morgan fingerprint density at radius 3 is 1.32 bits per heavy atom. The summed E-state index contributed by atoms with van der Waals surface area (Å²) >= 11 is 0. The van der Waals surface area contributed by atoms with E-state index in [2.05, 4.69) is 74.6 Å². The molecule has 7 N–H and O–H groups in total. The number of aliphatic hydroxyl groups excluding tert-OH is 7. The molecule has 2 aliphatic heterocycles. The Morgan fingerprint density at radius 2 is 0.844 bits per heavy atom. The molecule has 0 aromatic carbocycles. The van der Waals surface area contributed by atoms with E-state index in [4.69, 9.17) is 28.4 Å². The van der Waals surface area contributed by atoms with Gasteiger partial charge in [0.2, 0.25) is 0 Å². The van der Waals surface area contributed by atoms with Gasteiger partial charge in [-0.05, 0) is 57.8 Å². The highest BCUT2D eigenvalue weighted by Crippen LogP contribution is 2.27. The number of hydrogen-bond donors (Lipinski definition) is 7. The maximum Gasteiger partial charge on any atom is 0.306 e. The zero-order valence-electron chi connectivity index (χ0n) is 48.2. The van der Waals surface area contributed by atoms with Gasteiger partial charge in [0, 0.05) is 13.0 Å². The molecule has 2 heterocycles. The van der Waals surface area contributed by atoms with E-state index in [0.717, 1.165) is 77.0 Å². The molecule has 0 saturated carbocycles. The Morgan fingerprint density at radius 1 is 0.442 bits per heavy atom. The summed E-state index contributed by atoms with van der Waals surface area (Å²) in [7, 11) is 0. The van der Waals surface area contributed by atoms with Crippen molar-refractivity contribution < 1.29 is 69.0 Å². The van der Waals surface area contributed by atoms with Crippen molar-refractivity contribution in [1.29, 1.82) is 0 Å². The van der Waals surface area contributed by atoms with Crippen LogP contribution in [0.4, 0.5) is 0 Å². The molecule has 0 bridgehead atoms. The number of ether oxygens (including phenoxy) is 6. The summed E-state index contributed by atoms with van der Waals surface area (Å²) in [6.45, 7) is 3.60. The maximum atomic E-state index is 13.1. The van der Waals surface area contributed by atoms with Gasteiger partial charge in [-0.1, -0.05) is 229 Å². The second kappa shape index (κ2) is 49.5. The first kappa shape index (κ1) is 70.8. The van der Waals surface area contributed by atoms with Crippen LogP contribution in [-0.4, -0.2) is 142 Å². The van der Waals surface area contributed by atoms with E-state index in [1.807, 2.05) is 0 Å². The van der Waals surface area contributed by atoms with Gasteiger partial charge < -0.3 is 64.2 Å². The molecular formula is C63H112O14. The minimum atomic E-state index is -1.71. The molecule has 0 aromatic heterocycles. The zero-order valence-corrected chi connectivity index (χ0v) is 48.2. The first-order valence-corrected chi connectivity index (χ1v) is 30.9. The molecule has 0 spiro atoms. The number of carbonyl (C=O) groups is 1. The molecule has 0 radical (unpaired) electrons. The van der Waals surface area contributed by atoms with Crippen LogP contribution in [0.5, 0.6) is 0 Å². The summed E-state index contributed by atoms with van der Waals surface area (Å²) in [5, 5.41) is 72.4. The summed E-state index contributed by atoms with van der Waals surface area (Å²) in [6.07, 6.45) is 45.6. The van der Waals surface area contributed by atoms with Gasteiger partial charge in [-0.15, -0.1) is 0 Å². The molecular weight excluding hydrogens is 981 g/mol. The average Bonchev–Trinajstić information content (AvgIpc) is 3.43. The number of esters is 1. The molecule has 2 saturated heterocycles. The second-order valence-electron chi connectivity index (χ2n) is 21.5. The number of hydrogen-bond acceptors (Lipinski definition) is 14. The third-order valence-electron chi connectivity index (χ3n) is 14.5. The molecule has 2 aliphatic rings. The topological polar surface area (TPSA) is 214 Å². The lowest BCUT2D eigenvalue weighted by atomic mass is 9.98. The SMILES string of the molecule is CC/C=C\C/C=C\C/C=C\C/C=C\C/C=C\CCCCCCCCCCCCOCC(COC1OC(COC2OC(CO)C(O)C(O)C2O)C(O)C(O)C1O)OC(=O)CCCCCCCCCCCCCCCCCCC. The normalized spacial score (nSPS) is 24.7. The highest BCUT2D eigenvalue weighted by molar-refractivity contribution is 5.69. The van der Waals surface area contributed by atoms with E-state index in [1.54, 1.807) is 0 Å². The maximum absolute atomic E-state index is 13.1. The van der Waals surface area contributed by atoms with E-state index in [-0.39, 0.29) is 25.6 Å². The van der Waals surface area contributed by atoms with Crippen molar-refractivity contribution in [2.45, 2.75) is 300 Å². The number of allylic oxidation sites excluding steroid dienone is 10. The summed E-state index contributed by atoms with van der Waals surface area (Å²) in [5.41, 5.74) is 0. The monoisotopic (exact) mass is 1090 g/mol. The molecule has 0 amide bonds. The minimum Gasteiger partial charge on any atom is -0.457 e. The number of aliphatic hydroxyl groups is 7. The molecule has 77 heavy (non-hydrogen) atoms. The fourth-order valence-electron chi connectivity index (χ4n) is 9.61. The van der Waals surface area contributed by atoms with E-state index in [0.29, 0.717) is 13.0 Å². The van der Waals surface area contributed by atoms with Crippen LogP contribution < -0.4 is 0 Å². The van der Waals surface area contributed by atoms with Gasteiger partial charge in [-0.2, -0.15) is 0 Å². The van der Waals surface area contributed by atoms with Crippen LogP contribution in [0, 0.1) is 0 Å². The number of unbranched alkanes of at least 4 members (excludes halogenated alkanes) is 26. The van der Waals surface area contributed by atoms with Crippen LogP contribution in [0.2, 0.25) is 0 Å². The first-order valence-electron chi connectivity index (χ1n) is 30.9. The third-order valence-corrected chi connectivity index (χ3v) is 14.5. The van der Waals surface area contributed by atoms with Crippen molar-refractivity contribution in [3.8, 4) is 0 Å². The van der Waals surface area contributed by atoms with Crippen LogP contribution in [0.25, 0.3) is 0 Å². The van der Waals surface area contributed by atoms with E-state index < -0.39 is 80.7 Å². The summed E-state index contributed by atoms with van der Waals surface area (Å²) in [5.74, 6) is -0.375. The van der Waals surface area contributed by atoms with E-state index in [1.165, 1.54) is 128 Å². The van der Waals surface area contributed by atoms with Crippen molar-refractivity contribution in [3.63, 3.8) is 0 Å². The standard InChI is InChI=1S/C63H112O14/c1-3-5-7-9-11-13-15-17-19-21-22-23-24-25-26-27-28-29-31-33-35-37-39-41-43-45-47-72-49-52(75-55(65)46-44-42-40-38-36-34-32-30-20-18-16-14-12-10-8-6-4-2)50-73-62-61(71)59(69)57(67)54(77-62)51-74-63-60(70)58(68)56(66)53(48-64)76-63/h5,7,11,13,17,19,22-23,25-26,52-54,56-64,66-71H,3-4,6,8-10,12,14-16,18,20-21,24,27-51H2,1-2H3/b7-5-,13-11-,19-17-,23-22-,26-25-. The van der Waals surface area contributed by atoms with Gasteiger partial charge in [-0.3, -0.25) is 4.79 Å². The molecule has 448 valence electrons.